The molecule has 0 bridgehead atoms. The van der Waals surface area contributed by atoms with Crippen LogP contribution in [0, 0.1) is 6.92 Å². The summed E-state index contributed by atoms with van der Waals surface area (Å²) in [5.74, 6) is 0. The molecule has 9 rings (SSSR count). The van der Waals surface area contributed by atoms with Crippen molar-refractivity contribution in [3.05, 3.63) is 147 Å². The highest BCUT2D eigenvalue weighted by Crippen LogP contribution is 2.54. The third-order valence-corrected chi connectivity index (χ3v) is 17.8. The van der Waals surface area contributed by atoms with Crippen molar-refractivity contribution in [3.63, 3.8) is 0 Å². The van der Waals surface area contributed by atoms with Crippen molar-refractivity contribution in [3.8, 4) is 0 Å². The summed E-state index contributed by atoms with van der Waals surface area (Å²) in [6.45, 7) is 36.5. The van der Waals surface area contributed by atoms with Gasteiger partial charge in [0, 0.05) is 44.3 Å². The largest absolute Gasteiger partial charge is 0.314 e. The first-order valence-electron chi connectivity index (χ1n) is 24.6. The van der Waals surface area contributed by atoms with Gasteiger partial charge in [-0.1, -0.05) is 126 Å². The molecular formula is C61H76N2S. The summed E-state index contributed by atoms with van der Waals surface area (Å²) in [6, 6.07) is 38.9. The Morgan fingerprint density at radius 2 is 0.891 bits per heavy atom. The van der Waals surface area contributed by atoms with E-state index >= 15 is 0 Å². The summed E-state index contributed by atoms with van der Waals surface area (Å²) in [4.78, 5) is 6.65. The minimum absolute atomic E-state index is 0.0895. The Bertz CT molecular complexity index is 2600. The minimum Gasteiger partial charge on any atom is -0.314 e. The monoisotopic (exact) mass is 869 g/mol. The molecule has 336 valence electrons. The highest BCUT2D eigenvalue weighted by molar-refractivity contribution is 8.00. The Kier molecular flexibility index (Phi) is 10.8. The zero-order valence-electron chi connectivity index (χ0n) is 42.1. The van der Waals surface area contributed by atoms with Gasteiger partial charge in [0.05, 0.1) is 0 Å². The number of allylic oxidation sites excluding steroid dienone is 1. The quantitative estimate of drug-likeness (QED) is 0.161. The average molecular weight is 869 g/mol. The van der Waals surface area contributed by atoms with Crippen LogP contribution >= 0.6 is 11.8 Å². The molecule has 0 fully saturated rings. The second-order valence-corrected chi connectivity index (χ2v) is 25.5. The van der Waals surface area contributed by atoms with Gasteiger partial charge < -0.3 is 9.80 Å². The second kappa shape index (κ2) is 15.4. The van der Waals surface area contributed by atoms with E-state index in [4.69, 9.17) is 0 Å². The van der Waals surface area contributed by atoms with Crippen LogP contribution in [0.25, 0.3) is 5.57 Å². The number of fused-ring (bicyclic) bond motifs is 4. The van der Waals surface area contributed by atoms with Crippen LogP contribution in [-0.4, -0.2) is 5.25 Å². The third kappa shape index (κ3) is 7.58. The Morgan fingerprint density at radius 1 is 0.484 bits per heavy atom. The van der Waals surface area contributed by atoms with Gasteiger partial charge in [0.1, 0.15) is 0 Å². The summed E-state index contributed by atoms with van der Waals surface area (Å²) >= 11 is 2.01. The molecule has 4 aliphatic rings. The standard InChI is InChI=1S/C61H76N2S/c1-16-53(55-40(3)64-54-20-18-17-19-46(54)55)63(43-23-26-49-52(38-43)61(14,15)32-29-58(49,8)9)45-34-39(2)33-44(35-45)62(41-21-24-47-50(36-41)59(10,11)30-27-56(47,4)5)42-22-25-48-51(37-42)60(12,13)31-28-57(48,6)7/h17-26,33-38,40H,16,27-32H2,1-15H3/b55-53-. The van der Waals surface area contributed by atoms with Crippen LogP contribution in [0.3, 0.4) is 0 Å². The van der Waals surface area contributed by atoms with Crippen molar-refractivity contribution in [2.24, 2.45) is 0 Å². The third-order valence-electron chi connectivity index (χ3n) is 16.7. The number of rotatable bonds is 7. The van der Waals surface area contributed by atoms with Crippen molar-refractivity contribution in [2.75, 3.05) is 9.80 Å². The van der Waals surface area contributed by atoms with Gasteiger partial charge in [0.2, 0.25) is 0 Å². The molecule has 1 atom stereocenters. The lowest BCUT2D eigenvalue weighted by atomic mass is 9.63. The molecular weight excluding hydrogens is 793 g/mol. The highest BCUT2D eigenvalue weighted by atomic mass is 32.2. The van der Waals surface area contributed by atoms with Gasteiger partial charge in [-0.2, -0.15) is 0 Å². The molecule has 1 heterocycles. The van der Waals surface area contributed by atoms with E-state index in [1.54, 1.807) is 0 Å². The maximum absolute atomic E-state index is 2.66. The molecule has 1 aliphatic heterocycles. The Balaban J connectivity index is 1.31. The molecule has 0 saturated heterocycles. The average Bonchev–Trinajstić information content (AvgIpc) is 3.57. The Labute approximate surface area is 392 Å². The maximum atomic E-state index is 2.66. The fraction of sp³-hybridized carbons (Fsp3) is 0.475. The first-order chi connectivity index (χ1) is 29.9. The molecule has 0 N–H and O–H groups in total. The molecule has 0 radical (unpaired) electrons. The molecule has 0 amide bonds. The van der Waals surface area contributed by atoms with Crippen molar-refractivity contribution < 1.29 is 0 Å². The predicted molar refractivity (Wildman–Crippen MR) is 279 cm³/mol. The number of benzene rings is 5. The van der Waals surface area contributed by atoms with E-state index in [-0.39, 0.29) is 32.5 Å². The van der Waals surface area contributed by atoms with Gasteiger partial charge in [-0.15, -0.1) is 11.8 Å². The molecule has 5 aromatic carbocycles. The van der Waals surface area contributed by atoms with E-state index in [0.717, 1.165) is 6.42 Å². The van der Waals surface area contributed by atoms with Crippen molar-refractivity contribution in [1.82, 2.24) is 0 Å². The Morgan fingerprint density at radius 3 is 1.36 bits per heavy atom. The van der Waals surface area contributed by atoms with Crippen LogP contribution in [0.4, 0.5) is 28.4 Å². The predicted octanol–water partition coefficient (Wildman–Crippen LogP) is 18.0. The number of thioether (sulfide) groups is 1. The van der Waals surface area contributed by atoms with Gasteiger partial charge in [-0.05, 0) is 202 Å². The second-order valence-electron chi connectivity index (χ2n) is 24.2. The summed E-state index contributed by atoms with van der Waals surface area (Å²) in [7, 11) is 0. The van der Waals surface area contributed by atoms with Crippen molar-refractivity contribution in [1.29, 1.82) is 0 Å². The van der Waals surface area contributed by atoms with Crippen LogP contribution < -0.4 is 9.80 Å². The van der Waals surface area contributed by atoms with Crippen molar-refractivity contribution in [2.45, 2.75) is 191 Å². The van der Waals surface area contributed by atoms with Crippen LogP contribution in [0.2, 0.25) is 0 Å². The molecule has 64 heavy (non-hydrogen) atoms. The lowest BCUT2D eigenvalue weighted by molar-refractivity contribution is 0.332. The van der Waals surface area contributed by atoms with Crippen LogP contribution in [0.5, 0.6) is 0 Å². The van der Waals surface area contributed by atoms with Gasteiger partial charge >= 0.3 is 0 Å². The number of anilines is 5. The summed E-state index contributed by atoms with van der Waals surface area (Å²) in [6.07, 6.45) is 8.09. The highest BCUT2D eigenvalue weighted by Gasteiger charge is 2.41. The smallest absolute Gasteiger partial charge is 0.0485 e. The fourth-order valence-corrected chi connectivity index (χ4v) is 13.4. The van der Waals surface area contributed by atoms with Gasteiger partial charge in [-0.3, -0.25) is 0 Å². The topological polar surface area (TPSA) is 6.48 Å². The molecule has 3 aliphatic carbocycles. The number of hydrogen-bond acceptors (Lipinski definition) is 3. The van der Waals surface area contributed by atoms with E-state index in [2.05, 4.69) is 211 Å². The zero-order valence-corrected chi connectivity index (χ0v) is 42.9. The molecule has 0 aromatic heterocycles. The molecule has 3 heteroatoms. The normalized spacial score (nSPS) is 22.4. The van der Waals surface area contributed by atoms with Crippen LogP contribution in [0.15, 0.2) is 108 Å². The van der Waals surface area contributed by atoms with Gasteiger partial charge in [-0.25, -0.2) is 0 Å². The SMILES string of the molecule is CC/C(=C1/c2ccccc2SC1C)N(c1cc(C)cc(N(c2ccc3c(c2)C(C)(C)CCC3(C)C)c2ccc3c(c2)C(C)(C)CCC3(C)C)c1)c1ccc2c(c1)C(C)(C)CCC2(C)C. The van der Waals surface area contributed by atoms with Gasteiger partial charge in [0.15, 0.2) is 0 Å². The zero-order chi connectivity index (χ0) is 45.9. The lowest BCUT2D eigenvalue weighted by Crippen LogP contribution is -2.34. The van der Waals surface area contributed by atoms with Crippen molar-refractivity contribution >= 4 is 45.8 Å². The number of hydrogen-bond donors (Lipinski definition) is 0. The summed E-state index contributed by atoms with van der Waals surface area (Å²) < 4.78 is 0. The Hall–Kier alpha value is -4.21. The van der Waals surface area contributed by atoms with E-state index in [0.29, 0.717) is 5.25 Å². The fourth-order valence-electron chi connectivity index (χ4n) is 12.2. The minimum atomic E-state index is 0.0895. The summed E-state index contributed by atoms with van der Waals surface area (Å²) in [5.41, 5.74) is 21.3. The lowest BCUT2D eigenvalue weighted by Gasteiger charge is -2.43. The molecule has 1 unspecified atom stereocenters. The van der Waals surface area contributed by atoms with E-state index in [9.17, 15) is 0 Å². The number of nitrogens with zero attached hydrogens (tertiary/aromatic N) is 2. The van der Waals surface area contributed by atoms with E-state index in [1.807, 2.05) is 11.8 Å². The maximum Gasteiger partial charge on any atom is 0.0485 e. The molecule has 0 saturated carbocycles. The van der Waals surface area contributed by atoms with Crippen LogP contribution in [-0.2, 0) is 32.5 Å². The van der Waals surface area contributed by atoms with E-state index in [1.165, 1.54) is 128 Å². The van der Waals surface area contributed by atoms with Crippen LogP contribution in [0.1, 0.15) is 186 Å². The van der Waals surface area contributed by atoms with E-state index < -0.39 is 0 Å². The first-order valence-corrected chi connectivity index (χ1v) is 25.5. The molecule has 2 nitrogen and oxygen atoms in total. The molecule has 0 spiro atoms. The summed E-state index contributed by atoms with van der Waals surface area (Å²) in [5, 5.41) is 0.342. The van der Waals surface area contributed by atoms with Gasteiger partial charge in [0.25, 0.3) is 0 Å². The first kappa shape index (κ1) is 45.0. The number of aryl methyl sites for hydroxylation is 1. The molecule has 5 aromatic rings.